The van der Waals surface area contributed by atoms with Gasteiger partial charge in [-0.15, -0.1) is 6.58 Å². The van der Waals surface area contributed by atoms with Gasteiger partial charge in [-0.3, -0.25) is 0 Å². The normalized spacial score (nSPS) is 17.1. The lowest BCUT2D eigenvalue weighted by molar-refractivity contribution is 0.0823. The van der Waals surface area contributed by atoms with Gasteiger partial charge in [0, 0.05) is 32.7 Å². The molecule has 0 saturated carbocycles. The third-order valence-electron chi connectivity index (χ3n) is 2.66. The molecule has 0 rings (SSSR count). The van der Waals surface area contributed by atoms with Crippen LogP contribution in [0.25, 0.3) is 0 Å². The molecular formula is C12H25NO2. The van der Waals surface area contributed by atoms with Crippen molar-refractivity contribution in [3.63, 3.8) is 0 Å². The molecule has 0 radical (unpaired) electrons. The largest absolute Gasteiger partial charge is 0.383 e. The number of nitrogens with one attached hydrogen (secondary N) is 1. The standard InChI is InChI=1S/C12H25NO2/c1-6-12(3,9-11(2)15-5)10-13-7-8-14-4/h6,11,13H,1,7-10H2,2-5H3. The summed E-state index contributed by atoms with van der Waals surface area (Å²) in [7, 11) is 3.45. The van der Waals surface area contributed by atoms with Crippen LogP contribution in [0.15, 0.2) is 12.7 Å². The summed E-state index contributed by atoms with van der Waals surface area (Å²) in [6.45, 7) is 10.7. The topological polar surface area (TPSA) is 30.5 Å². The maximum atomic E-state index is 5.27. The summed E-state index contributed by atoms with van der Waals surface area (Å²) in [5.74, 6) is 0. The highest BCUT2D eigenvalue weighted by Gasteiger charge is 2.22. The molecule has 2 atom stereocenters. The minimum atomic E-state index is 0.0865. The van der Waals surface area contributed by atoms with Crippen molar-refractivity contribution < 1.29 is 9.47 Å². The summed E-state index contributed by atoms with van der Waals surface area (Å²) in [4.78, 5) is 0. The lowest BCUT2D eigenvalue weighted by Gasteiger charge is -2.28. The van der Waals surface area contributed by atoms with Gasteiger partial charge in [0.2, 0.25) is 0 Å². The van der Waals surface area contributed by atoms with Crippen LogP contribution in [0.1, 0.15) is 20.3 Å². The summed E-state index contributed by atoms with van der Waals surface area (Å²) in [6, 6.07) is 0. The first-order valence-corrected chi connectivity index (χ1v) is 5.44. The van der Waals surface area contributed by atoms with Crippen molar-refractivity contribution in [1.29, 1.82) is 0 Å². The van der Waals surface area contributed by atoms with E-state index in [0.717, 1.165) is 26.1 Å². The first-order valence-electron chi connectivity index (χ1n) is 5.44. The van der Waals surface area contributed by atoms with E-state index in [1.807, 2.05) is 6.08 Å². The van der Waals surface area contributed by atoms with E-state index in [1.165, 1.54) is 0 Å². The lowest BCUT2D eigenvalue weighted by Crippen LogP contribution is -2.34. The summed E-state index contributed by atoms with van der Waals surface area (Å²) < 4.78 is 10.3. The van der Waals surface area contributed by atoms with Gasteiger partial charge in [-0.05, 0) is 13.3 Å². The van der Waals surface area contributed by atoms with E-state index in [-0.39, 0.29) is 11.5 Å². The van der Waals surface area contributed by atoms with Crippen molar-refractivity contribution in [3.8, 4) is 0 Å². The van der Waals surface area contributed by atoms with Crippen molar-refractivity contribution in [2.45, 2.75) is 26.4 Å². The van der Waals surface area contributed by atoms with E-state index in [2.05, 4.69) is 25.7 Å². The second kappa shape index (κ2) is 7.85. The molecule has 0 aromatic heterocycles. The molecule has 1 N–H and O–H groups in total. The number of hydrogen-bond acceptors (Lipinski definition) is 3. The van der Waals surface area contributed by atoms with E-state index in [4.69, 9.17) is 9.47 Å². The van der Waals surface area contributed by atoms with E-state index in [0.29, 0.717) is 0 Å². The van der Waals surface area contributed by atoms with Gasteiger partial charge in [0.15, 0.2) is 0 Å². The van der Waals surface area contributed by atoms with Crippen molar-refractivity contribution in [1.82, 2.24) is 5.32 Å². The van der Waals surface area contributed by atoms with Gasteiger partial charge < -0.3 is 14.8 Å². The van der Waals surface area contributed by atoms with Gasteiger partial charge in [-0.2, -0.15) is 0 Å². The molecule has 0 spiro atoms. The molecule has 0 fully saturated rings. The van der Waals surface area contributed by atoms with Crippen LogP contribution >= 0.6 is 0 Å². The first-order chi connectivity index (χ1) is 7.08. The van der Waals surface area contributed by atoms with Gasteiger partial charge in [0.25, 0.3) is 0 Å². The lowest BCUT2D eigenvalue weighted by atomic mass is 9.84. The average molecular weight is 215 g/mol. The Bertz CT molecular complexity index is 173. The summed E-state index contributed by atoms with van der Waals surface area (Å²) in [5, 5.41) is 3.36. The Hall–Kier alpha value is -0.380. The van der Waals surface area contributed by atoms with Crippen LogP contribution in [0.5, 0.6) is 0 Å². The Kier molecular flexibility index (Phi) is 7.65. The molecule has 0 heterocycles. The number of rotatable bonds is 9. The van der Waals surface area contributed by atoms with Crippen LogP contribution in [0.2, 0.25) is 0 Å². The van der Waals surface area contributed by atoms with E-state index in [9.17, 15) is 0 Å². The predicted octanol–water partition coefficient (Wildman–Crippen LogP) is 1.84. The fourth-order valence-electron chi connectivity index (χ4n) is 1.52. The van der Waals surface area contributed by atoms with Gasteiger partial charge in [-0.25, -0.2) is 0 Å². The maximum Gasteiger partial charge on any atom is 0.0587 e. The Morgan fingerprint density at radius 1 is 1.47 bits per heavy atom. The zero-order chi connectivity index (χ0) is 11.7. The number of hydrogen-bond donors (Lipinski definition) is 1. The molecule has 0 saturated heterocycles. The minimum absolute atomic E-state index is 0.0865. The Labute approximate surface area is 93.8 Å². The smallest absolute Gasteiger partial charge is 0.0587 e. The van der Waals surface area contributed by atoms with Gasteiger partial charge in [-0.1, -0.05) is 13.0 Å². The highest BCUT2D eigenvalue weighted by molar-refractivity contribution is 4.94. The molecule has 0 aliphatic heterocycles. The predicted molar refractivity (Wildman–Crippen MR) is 64.1 cm³/mol. The van der Waals surface area contributed by atoms with Crippen molar-refractivity contribution in [2.75, 3.05) is 33.9 Å². The second-order valence-electron chi connectivity index (χ2n) is 4.28. The Balaban J connectivity index is 3.90. The third-order valence-corrected chi connectivity index (χ3v) is 2.66. The van der Waals surface area contributed by atoms with Gasteiger partial charge >= 0.3 is 0 Å². The van der Waals surface area contributed by atoms with Crippen molar-refractivity contribution in [3.05, 3.63) is 12.7 Å². The minimum Gasteiger partial charge on any atom is -0.383 e. The van der Waals surface area contributed by atoms with E-state index < -0.39 is 0 Å². The molecule has 90 valence electrons. The highest BCUT2D eigenvalue weighted by Crippen LogP contribution is 2.24. The van der Waals surface area contributed by atoms with Crippen LogP contribution in [-0.2, 0) is 9.47 Å². The molecule has 15 heavy (non-hydrogen) atoms. The molecular weight excluding hydrogens is 190 g/mol. The number of ether oxygens (including phenoxy) is 2. The molecule has 0 aliphatic rings. The molecule has 0 bridgehead atoms. The van der Waals surface area contributed by atoms with Gasteiger partial charge in [0.05, 0.1) is 12.7 Å². The molecule has 0 aliphatic carbocycles. The van der Waals surface area contributed by atoms with Crippen LogP contribution < -0.4 is 5.32 Å². The zero-order valence-corrected chi connectivity index (χ0v) is 10.5. The third kappa shape index (κ3) is 6.66. The van der Waals surface area contributed by atoms with Gasteiger partial charge in [0.1, 0.15) is 0 Å². The van der Waals surface area contributed by atoms with E-state index in [1.54, 1.807) is 14.2 Å². The fraction of sp³-hybridized carbons (Fsp3) is 0.833. The van der Waals surface area contributed by atoms with Crippen LogP contribution in [0.3, 0.4) is 0 Å². The quantitative estimate of drug-likeness (QED) is 0.470. The molecule has 0 aromatic rings. The monoisotopic (exact) mass is 215 g/mol. The maximum absolute atomic E-state index is 5.27. The van der Waals surface area contributed by atoms with E-state index >= 15 is 0 Å². The molecule has 2 unspecified atom stereocenters. The zero-order valence-electron chi connectivity index (χ0n) is 10.5. The molecule has 0 aromatic carbocycles. The van der Waals surface area contributed by atoms with Crippen LogP contribution in [0, 0.1) is 5.41 Å². The second-order valence-corrected chi connectivity index (χ2v) is 4.28. The highest BCUT2D eigenvalue weighted by atomic mass is 16.5. The number of methoxy groups -OCH3 is 2. The summed E-state index contributed by atoms with van der Waals surface area (Å²) >= 11 is 0. The Morgan fingerprint density at radius 3 is 2.60 bits per heavy atom. The summed E-state index contributed by atoms with van der Waals surface area (Å²) in [5.41, 5.74) is 0.0865. The average Bonchev–Trinajstić information content (AvgIpc) is 2.24. The molecule has 3 nitrogen and oxygen atoms in total. The fourth-order valence-corrected chi connectivity index (χ4v) is 1.52. The van der Waals surface area contributed by atoms with Crippen LogP contribution in [-0.4, -0.2) is 40.0 Å². The molecule has 3 heteroatoms. The van der Waals surface area contributed by atoms with Crippen molar-refractivity contribution in [2.24, 2.45) is 5.41 Å². The Morgan fingerprint density at radius 2 is 2.13 bits per heavy atom. The summed E-state index contributed by atoms with van der Waals surface area (Å²) in [6.07, 6.45) is 3.24. The molecule has 0 amide bonds. The first kappa shape index (κ1) is 14.6. The SMILES string of the molecule is C=CC(C)(CNCCOC)CC(C)OC. The van der Waals surface area contributed by atoms with Crippen LogP contribution in [0.4, 0.5) is 0 Å². The van der Waals surface area contributed by atoms with Crippen molar-refractivity contribution >= 4 is 0 Å².